The van der Waals surface area contributed by atoms with Crippen molar-refractivity contribution < 1.29 is 14.8 Å². The van der Waals surface area contributed by atoms with Crippen LogP contribution in [-0.4, -0.2) is 22.1 Å². The second-order valence-corrected chi connectivity index (χ2v) is 10.6. The van der Waals surface area contributed by atoms with E-state index in [1.807, 2.05) is 91.0 Å². The molecule has 0 aliphatic heterocycles. The molecule has 0 fully saturated rings. The Morgan fingerprint density at radius 3 is 1.28 bits per heavy atom. The Bertz CT molecular complexity index is 749. The van der Waals surface area contributed by atoms with Gasteiger partial charge in [-0.1, -0.05) is 0 Å². The molecule has 0 aliphatic rings. The minimum atomic E-state index is -3.88. The molecule has 0 spiro atoms. The molecule has 0 aromatic heterocycles. The molecular formula is C21H21O3P. The number of aliphatic carboxylic acids is 1. The van der Waals surface area contributed by atoms with Crippen molar-refractivity contribution >= 4 is 28.7 Å². The summed E-state index contributed by atoms with van der Waals surface area (Å²) in [4.78, 5) is 23.9. The van der Waals surface area contributed by atoms with Crippen LogP contribution in [0.3, 0.4) is 0 Å². The van der Waals surface area contributed by atoms with Gasteiger partial charge in [-0.05, 0) is 0 Å². The monoisotopic (exact) mass is 352 g/mol. The first-order valence-electron chi connectivity index (χ1n) is 8.20. The fourth-order valence-corrected chi connectivity index (χ4v) is 8.13. The minimum absolute atomic E-state index is 0.104. The van der Waals surface area contributed by atoms with Gasteiger partial charge in [-0.25, -0.2) is 0 Å². The van der Waals surface area contributed by atoms with E-state index >= 15 is 0 Å². The van der Waals surface area contributed by atoms with Crippen molar-refractivity contribution in [2.75, 3.05) is 6.16 Å². The normalized spacial score (nSPS) is 12.9. The molecule has 0 aliphatic carbocycles. The Balaban J connectivity index is 2.38. The number of carboxylic acids is 1. The number of carboxylic acid groups (broad SMARTS) is 1. The molecule has 0 bridgehead atoms. The van der Waals surface area contributed by atoms with Crippen LogP contribution in [0.15, 0.2) is 91.0 Å². The summed E-state index contributed by atoms with van der Waals surface area (Å²) in [6, 6.07) is 28.4. The Morgan fingerprint density at radius 1 is 0.680 bits per heavy atom. The van der Waals surface area contributed by atoms with Crippen molar-refractivity contribution in [3.05, 3.63) is 91.0 Å². The molecule has 0 radical (unpaired) electrons. The molecule has 3 aromatic carbocycles. The van der Waals surface area contributed by atoms with Gasteiger partial charge in [-0.15, -0.1) is 0 Å². The molecule has 0 atom stereocenters. The van der Waals surface area contributed by atoms with E-state index in [4.69, 9.17) is 0 Å². The van der Waals surface area contributed by atoms with Crippen molar-refractivity contribution in [1.29, 1.82) is 0 Å². The number of benzene rings is 3. The number of hydrogen-bond acceptors (Lipinski definition) is 2. The van der Waals surface area contributed by atoms with E-state index in [0.717, 1.165) is 15.9 Å². The SMILES string of the molecule is O=C(O)CCP(O)(c1ccccc1)(c1ccccc1)c1ccccc1. The molecule has 3 aromatic rings. The zero-order valence-electron chi connectivity index (χ0n) is 13.8. The maximum atomic E-state index is 12.5. The fraction of sp³-hybridized carbons (Fsp3) is 0.0952. The van der Waals surface area contributed by atoms with Crippen LogP contribution in [-0.2, 0) is 4.79 Å². The average molecular weight is 352 g/mol. The van der Waals surface area contributed by atoms with Gasteiger partial charge in [-0.2, -0.15) is 0 Å². The van der Waals surface area contributed by atoms with Gasteiger partial charge >= 0.3 is 147 Å². The van der Waals surface area contributed by atoms with Crippen LogP contribution in [0.2, 0.25) is 0 Å². The second-order valence-electron chi connectivity index (χ2n) is 6.13. The summed E-state index contributed by atoms with van der Waals surface area (Å²) < 4.78 is 0. The van der Waals surface area contributed by atoms with Gasteiger partial charge in [0.1, 0.15) is 0 Å². The molecule has 4 heteroatoms. The second kappa shape index (κ2) is 6.79. The summed E-state index contributed by atoms with van der Waals surface area (Å²) >= 11 is 0. The molecule has 0 heterocycles. The van der Waals surface area contributed by atoms with E-state index in [1.54, 1.807) is 0 Å². The molecule has 0 saturated heterocycles. The van der Waals surface area contributed by atoms with Gasteiger partial charge in [0, 0.05) is 0 Å². The third-order valence-corrected chi connectivity index (χ3v) is 10.0. The van der Waals surface area contributed by atoms with E-state index in [2.05, 4.69) is 0 Å². The van der Waals surface area contributed by atoms with Gasteiger partial charge in [0.05, 0.1) is 0 Å². The van der Waals surface area contributed by atoms with Crippen LogP contribution in [0.1, 0.15) is 6.42 Å². The molecule has 2 N–H and O–H groups in total. The Labute approximate surface area is 147 Å². The van der Waals surface area contributed by atoms with Crippen LogP contribution in [0, 0.1) is 0 Å². The first-order chi connectivity index (χ1) is 12.1. The predicted molar refractivity (Wildman–Crippen MR) is 104 cm³/mol. The summed E-state index contributed by atoms with van der Waals surface area (Å²) in [5.74, 6) is -0.911. The summed E-state index contributed by atoms with van der Waals surface area (Å²) in [5.41, 5.74) is 0. The number of rotatable bonds is 6. The summed E-state index contributed by atoms with van der Waals surface area (Å²) in [6.45, 7) is -3.88. The van der Waals surface area contributed by atoms with Crippen LogP contribution >= 0.6 is 6.83 Å². The number of hydrogen-bond donors (Lipinski definition) is 2. The van der Waals surface area contributed by atoms with E-state index in [1.165, 1.54) is 0 Å². The van der Waals surface area contributed by atoms with Crippen LogP contribution in [0.25, 0.3) is 0 Å². The Kier molecular flexibility index (Phi) is 4.71. The van der Waals surface area contributed by atoms with Crippen molar-refractivity contribution in [3.63, 3.8) is 0 Å². The summed E-state index contributed by atoms with van der Waals surface area (Å²) in [6.07, 6.45) is 0.0615. The average Bonchev–Trinajstić information content (AvgIpc) is 2.68. The molecule has 0 unspecified atom stereocenters. The molecular weight excluding hydrogens is 331 g/mol. The molecule has 0 saturated carbocycles. The third kappa shape index (κ3) is 2.97. The summed E-state index contributed by atoms with van der Waals surface area (Å²) in [5, 5.41) is 11.7. The van der Waals surface area contributed by atoms with Crippen molar-refractivity contribution in [2.24, 2.45) is 0 Å². The molecule has 0 amide bonds. The predicted octanol–water partition coefficient (Wildman–Crippen LogP) is 2.90. The van der Waals surface area contributed by atoms with E-state index < -0.39 is 12.8 Å². The topological polar surface area (TPSA) is 57.5 Å². The first-order valence-corrected chi connectivity index (χ1v) is 10.6. The standard InChI is InChI=1S/C21H21O3P/c22-21(23)16-17-25(24,18-10-4-1-5-11-18,19-12-6-2-7-13-19)20-14-8-3-9-15-20/h1-15,24H,16-17H2,(H,22,23). The molecule has 25 heavy (non-hydrogen) atoms. The van der Waals surface area contributed by atoms with Gasteiger partial charge in [0.2, 0.25) is 0 Å². The Morgan fingerprint density at radius 2 is 1.00 bits per heavy atom. The van der Waals surface area contributed by atoms with Gasteiger partial charge < -0.3 is 0 Å². The zero-order chi connectivity index (χ0) is 17.8. The van der Waals surface area contributed by atoms with E-state index in [-0.39, 0.29) is 12.6 Å². The summed E-state index contributed by atoms with van der Waals surface area (Å²) in [7, 11) is 0. The molecule has 3 rings (SSSR count). The van der Waals surface area contributed by atoms with Crippen LogP contribution < -0.4 is 15.9 Å². The maximum absolute atomic E-state index is 12.5. The van der Waals surface area contributed by atoms with Crippen LogP contribution in [0.5, 0.6) is 0 Å². The van der Waals surface area contributed by atoms with E-state index in [9.17, 15) is 14.8 Å². The zero-order valence-corrected chi connectivity index (χ0v) is 14.7. The molecule has 3 nitrogen and oxygen atoms in total. The molecule has 128 valence electrons. The van der Waals surface area contributed by atoms with Crippen molar-refractivity contribution in [2.45, 2.75) is 6.42 Å². The Hall–Kier alpha value is -2.48. The van der Waals surface area contributed by atoms with E-state index in [0.29, 0.717) is 0 Å². The van der Waals surface area contributed by atoms with Gasteiger partial charge in [0.25, 0.3) is 0 Å². The quantitative estimate of drug-likeness (QED) is 0.671. The van der Waals surface area contributed by atoms with Crippen LogP contribution in [0.4, 0.5) is 0 Å². The number of carbonyl (C=O) groups is 1. The third-order valence-electron chi connectivity index (χ3n) is 4.70. The van der Waals surface area contributed by atoms with Gasteiger partial charge in [0.15, 0.2) is 0 Å². The first kappa shape index (κ1) is 17.3. The fourth-order valence-electron chi connectivity index (χ4n) is 3.40. The van der Waals surface area contributed by atoms with Gasteiger partial charge in [-0.3, -0.25) is 0 Å². The van der Waals surface area contributed by atoms with Crippen molar-refractivity contribution in [1.82, 2.24) is 0 Å². The van der Waals surface area contributed by atoms with Crippen molar-refractivity contribution in [3.8, 4) is 0 Å².